The molecule has 0 spiro atoms. The number of anilines is 2. The Morgan fingerprint density at radius 3 is 2.89 bits per heavy atom. The fraction of sp³-hybridized carbons (Fsp3) is 0.250. The topological polar surface area (TPSA) is 111 Å². The SMILES string of the molecule is N#Cc1c[nH]c2c(NS(=O)(=O)c3cnc(N4CCOCC4)s3)ccc(F)c12. The molecule has 0 atom stereocenters. The van der Waals surface area contributed by atoms with Crippen LogP contribution in [0.4, 0.5) is 15.2 Å². The van der Waals surface area contributed by atoms with Crippen LogP contribution in [0.15, 0.2) is 28.7 Å². The minimum atomic E-state index is -3.91. The minimum absolute atomic E-state index is 0.0496. The Kier molecular flexibility index (Phi) is 4.47. The molecule has 0 saturated carbocycles. The smallest absolute Gasteiger partial charge is 0.273 e. The molecule has 0 bridgehead atoms. The molecule has 11 heteroatoms. The van der Waals surface area contributed by atoms with E-state index >= 15 is 0 Å². The van der Waals surface area contributed by atoms with Gasteiger partial charge in [0.2, 0.25) is 0 Å². The van der Waals surface area contributed by atoms with E-state index in [1.165, 1.54) is 18.5 Å². The van der Waals surface area contributed by atoms with Gasteiger partial charge in [-0.15, -0.1) is 0 Å². The fourth-order valence-corrected chi connectivity index (χ4v) is 5.09. The van der Waals surface area contributed by atoms with E-state index in [0.717, 1.165) is 17.4 Å². The number of nitriles is 1. The molecule has 3 heterocycles. The zero-order valence-corrected chi connectivity index (χ0v) is 15.5. The molecule has 1 saturated heterocycles. The Hall–Kier alpha value is -2.68. The van der Waals surface area contributed by atoms with Gasteiger partial charge in [-0.3, -0.25) is 4.72 Å². The molecule has 0 aliphatic carbocycles. The van der Waals surface area contributed by atoms with Gasteiger partial charge < -0.3 is 14.6 Å². The lowest BCUT2D eigenvalue weighted by Gasteiger charge is -2.25. The molecule has 3 aromatic rings. The number of aromatic nitrogens is 2. The van der Waals surface area contributed by atoms with Gasteiger partial charge in [0.05, 0.1) is 41.6 Å². The van der Waals surface area contributed by atoms with Crippen molar-refractivity contribution in [3.63, 3.8) is 0 Å². The highest BCUT2D eigenvalue weighted by molar-refractivity contribution is 7.94. The number of morpholine rings is 1. The first kappa shape index (κ1) is 17.7. The number of halogens is 1. The van der Waals surface area contributed by atoms with Crippen molar-refractivity contribution >= 4 is 43.1 Å². The van der Waals surface area contributed by atoms with Crippen molar-refractivity contribution in [3.05, 3.63) is 35.9 Å². The van der Waals surface area contributed by atoms with E-state index in [0.29, 0.717) is 31.4 Å². The number of ether oxygens (including phenoxy) is 1. The van der Waals surface area contributed by atoms with Crippen molar-refractivity contribution in [1.29, 1.82) is 5.26 Å². The summed E-state index contributed by atoms with van der Waals surface area (Å²) in [5.41, 5.74) is 0.484. The quantitative estimate of drug-likeness (QED) is 0.686. The normalized spacial score (nSPS) is 15.0. The zero-order valence-electron chi connectivity index (χ0n) is 13.9. The highest BCUT2D eigenvalue weighted by Gasteiger charge is 2.23. The van der Waals surface area contributed by atoms with Crippen LogP contribution >= 0.6 is 11.3 Å². The second-order valence-corrected chi connectivity index (χ2v) is 8.74. The summed E-state index contributed by atoms with van der Waals surface area (Å²) in [6, 6.07) is 4.32. The van der Waals surface area contributed by atoms with Gasteiger partial charge in [0.1, 0.15) is 11.9 Å². The third kappa shape index (κ3) is 3.23. The van der Waals surface area contributed by atoms with E-state index in [1.807, 2.05) is 11.0 Å². The molecule has 0 unspecified atom stereocenters. The van der Waals surface area contributed by atoms with Crippen molar-refractivity contribution < 1.29 is 17.5 Å². The van der Waals surface area contributed by atoms with Crippen molar-refractivity contribution in [2.75, 3.05) is 35.9 Å². The maximum Gasteiger partial charge on any atom is 0.273 e. The van der Waals surface area contributed by atoms with Crippen LogP contribution in [0.25, 0.3) is 10.9 Å². The molecule has 4 rings (SSSR count). The third-order valence-electron chi connectivity index (χ3n) is 4.17. The maximum absolute atomic E-state index is 14.0. The van der Waals surface area contributed by atoms with Crippen LogP contribution in [-0.2, 0) is 14.8 Å². The van der Waals surface area contributed by atoms with Crippen LogP contribution < -0.4 is 9.62 Å². The summed E-state index contributed by atoms with van der Waals surface area (Å²) in [5, 5.41) is 9.74. The summed E-state index contributed by atoms with van der Waals surface area (Å²) in [6.45, 7) is 2.44. The second kappa shape index (κ2) is 6.80. The number of nitrogens with one attached hydrogen (secondary N) is 2. The van der Waals surface area contributed by atoms with Gasteiger partial charge in [-0.2, -0.15) is 5.26 Å². The second-order valence-electron chi connectivity index (χ2n) is 5.83. The minimum Gasteiger partial charge on any atom is -0.378 e. The largest absolute Gasteiger partial charge is 0.378 e. The first-order valence-electron chi connectivity index (χ1n) is 8.00. The van der Waals surface area contributed by atoms with Crippen LogP contribution in [0.5, 0.6) is 0 Å². The zero-order chi connectivity index (χ0) is 19.0. The number of hydrogen-bond donors (Lipinski definition) is 2. The Balaban J connectivity index is 1.65. The molecule has 0 radical (unpaired) electrons. The number of nitrogens with zero attached hydrogens (tertiary/aromatic N) is 3. The van der Waals surface area contributed by atoms with Crippen LogP contribution in [0, 0.1) is 17.1 Å². The highest BCUT2D eigenvalue weighted by Crippen LogP contribution is 2.32. The summed E-state index contributed by atoms with van der Waals surface area (Å²) in [6.07, 6.45) is 2.64. The predicted molar refractivity (Wildman–Crippen MR) is 98.9 cm³/mol. The van der Waals surface area contributed by atoms with E-state index in [4.69, 9.17) is 10.00 Å². The lowest BCUT2D eigenvalue weighted by molar-refractivity contribution is 0.122. The number of fused-ring (bicyclic) bond motifs is 1. The Bertz CT molecular complexity index is 1140. The predicted octanol–water partition coefficient (Wildman–Crippen LogP) is 2.27. The molecular formula is C16H14FN5O3S2. The number of benzene rings is 1. The summed E-state index contributed by atoms with van der Waals surface area (Å²) in [4.78, 5) is 8.92. The Labute approximate surface area is 158 Å². The number of aromatic amines is 1. The van der Waals surface area contributed by atoms with Gasteiger partial charge in [0, 0.05) is 19.3 Å². The van der Waals surface area contributed by atoms with Crippen molar-refractivity contribution in [2.45, 2.75) is 4.21 Å². The first-order chi connectivity index (χ1) is 13.0. The van der Waals surface area contributed by atoms with Crippen molar-refractivity contribution in [3.8, 4) is 6.07 Å². The average molecular weight is 407 g/mol. The van der Waals surface area contributed by atoms with Crippen LogP contribution in [0.2, 0.25) is 0 Å². The van der Waals surface area contributed by atoms with E-state index in [-0.39, 0.29) is 26.4 Å². The summed E-state index contributed by atoms with van der Waals surface area (Å²) in [7, 11) is -3.91. The lowest BCUT2D eigenvalue weighted by Crippen LogP contribution is -2.36. The standard InChI is InChI=1S/C16H14FN5O3S2/c17-11-1-2-12(15-14(11)10(7-18)8-19-15)21-27(23,24)13-9-20-16(26-13)22-3-5-25-6-4-22/h1-2,8-9,19,21H,3-6H2. The Morgan fingerprint density at radius 2 is 2.15 bits per heavy atom. The van der Waals surface area contributed by atoms with Crippen LogP contribution in [0.3, 0.4) is 0 Å². The summed E-state index contributed by atoms with van der Waals surface area (Å²) < 4.78 is 47.3. The number of rotatable bonds is 4. The van der Waals surface area contributed by atoms with Crippen molar-refractivity contribution in [2.24, 2.45) is 0 Å². The third-order valence-corrected chi connectivity index (χ3v) is 7.05. The van der Waals surface area contributed by atoms with Crippen molar-refractivity contribution in [1.82, 2.24) is 9.97 Å². The highest BCUT2D eigenvalue weighted by atomic mass is 32.2. The molecule has 1 fully saturated rings. The number of H-pyrrole nitrogens is 1. The maximum atomic E-state index is 14.0. The average Bonchev–Trinajstić information content (AvgIpc) is 3.32. The molecule has 1 aliphatic heterocycles. The van der Waals surface area contributed by atoms with Gasteiger partial charge in [0.25, 0.3) is 10.0 Å². The molecule has 27 heavy (non-hydrogen) atoms. The van der Waals surface area contributed by atoms with Gasteiger partial charge >= 0.3 is 0 Å². The van der Waals surface area contributed by atoms with E-state index in [2.05, 4.69) is 14.7 Å². The van der Waals surface area contributed by atoms with E-state index in [1.54, 1.807) is 0 Å². The van der Waals surface area contributed by atoms with Gasteiger partial charge in [0.15, 0.2) is 9.34 Å². The number of sulfonamides is 1. The molecule has 140 valence electrons. The number of thiazole rings is 1. The fourth-order valence-electron chi connectivity index (χ4n) is 2.85. The molecule has 1 aromatic carbocycles. The molecular weight excluding hydrogens is 393 g/mol. The lowest BCUT2D eigenvalue weighted by atomic mass is 10.1. The van der Waals surface area contributed by atoms with Gasteiger partial charge in [-0.25, -0.2) is 17.8 Å². The Morgan fingerprint density at radius 1 is 1.37 bits per heavy atom. The van der Waals surface area contributed by atoms with Gasteiger partial charge in [-0.1, -0.05) is 11.3 Å². The summed E-state index contributed by atoms with van der Waals surface area (Å²) in [5.74, 6) is -0.599. The molecule has 1 aliphatic rings. The summed E-state index contributed by atoms with van der Waals surface area (Å²) >= 11 is 1.06. The van der Waals surface area contributed by atoms with E-state index < -0.39 is 15.8 Å². The first-order valence-corrected chi connectivity index (χ1v) is 10.3. The molecule has 8 nitrogen and oxygen atoms in total. The monoisotopic (exact) mass is 407 g/mol. The molecule has 2 N–H and O–H groups in total. The molecule has 0 amide bonds. The van der Waals surface area contributed by atoms with Gasteiger partial charge in [-0.05, 0) is 12.1 Å². The van der Waals surface area contributed by atoms with Crippen LogP contribution in [0.1, 0.15) is 5.56 Å². The van der Waals surface area contributed by atoms with E-state index in [9.17, 15) is 12.8 Å². The molecule has 2 aromatic heterocycles. The van der Waals surface area contributed by atoms with Crippen LogP contribution in [-0.4, -0.2) is 44.7 Å². The number of hydrogen-bond acceptors (Lipinski definition) is 7.